The summed E-state index contributed by atoms with van der Waals surface area (Å²) >= 11 is 0. The van der Waals surface area contributed by atoms with Crippen molar-refractivity contribution in [3.63, 3.8) is 0 Å². The van der Waals surface area contributed by atoms with Crippen LogP contribution in [0.2, 0.25) is 0 Å². The Bertz CT molecular complexity index is 395. The first-order valence-electron chi connectivity index (χ1n) is 6.80. The van der Waals surface area contributed by atoms with Crippen LogP contribution in [-0.2, 0) is 0 Å². The molecule has 0 amide bonds. The van der Waals surface area contributed by atoms with Crippen molar-refractivity contribution in [3.05, 3.63) is 23.9 Å². The summed E-state index contributed by atoms with van der Waals surface area (Å²) < 4.78 is 5.10. The summed E-state index contributed by atoms with van der Waals surface area (Å²) in [6, 6.07) is 4.71. The lowest BCUT2D eigenvalue weighted by molar-refractivity contribution is 0.0634. The highest BCUT2D eigenvalue weighted by Crippen LogP contribution is 2.24. The van der Waals surface area contributed by atoms with Crippen molar-refractivity contribution in [2.24, 2.45) is 5.73 Å². The van der Waals surface area contributed by atoms with E-state index in [0.717, 1.165) is 19.6 Å². The molecule has 1 aliphatic heterocycles. The first-order valence-corrected chi connectivity index (χ1v) is 6.80. The molecule has 5 heteroatoms. The van der Waals surface area contributed by atoms with Crippen LogP contribution in [0, 0.1) is 0 Å². The number of hydrogen-bond donors (Lipinski definition) is 1. The van der Waals surface area contributed by atoms with E-state index in [9.17, 15) is 0 Å². The van der Waals surface area contributed by atoms with Gasteiger partial charge in [-0.1, -0.05) is 6.07 Å². The molecule has 2 atom stereocenters. The number of nitrogens with two attached hydrogens (primary N) is 1. The third-order valence-electron chi connectivity index (χ3n) is 3.86. The predicted molar refractivity (Wildman–Crippen MR) is 76.2 cm³/mol. The smallest absolute Gasteiger partial charge is 0.212 e. The van der Waals surface area contributed by atoms with E-state index in [1.807, 2.05) is 12.3 Å². The van der Waals surface area contributed by atoms with Gasteiger partial charge >= 0.3 is 0 Å². The molecule has 106 valence electrons. The summed E-state index contributed by atoms with van der Waals surface area (Å²) in [5, 5.41) is 0. The Kier molecular flexibility index (Phi) is 4.74. The van der Waals surface area contributed by atoms with Crippen LogP contribution in [0.5, 0.6) is 5.88 Å². The molecule has 2 rings (SSSR count). The molecule has 0 bridgehead atoms. The average molecular weight is 264 g/mol. The van der Waals surface area contributed by atoms with Gasteiger partial charge in [0, 0.05) is 50.5 Å². The summed E-state index contributed by atoms with van der Waals surface area (Å²) in [6.07, 6.45) is 1.88. The lowest BCUT2D eigenvalue weighted by Gasteiger charge is -2.42. The van der Waals surface area contributed by atoms with Crippen molar-refractivity contribution in [2.45, 2.75) is 19.0 Å². The topological polar surface area (TPSA) is 54.6 Å². The number of hydrogen-bond acceptors (Lipinski definition) is 5. The van der Waals surface area contributed by atoms with E-state index in [1.165, 1.54) is 5.56 Å². The number of piperazine rings is 1. The second kappa shape index (κ2) is 6.32. The van der Waals surface area contributed by atoms with E-state index in [4.69, 9.17) is 10.5 Å². The summed E-state index contributed by atoms with van der Waals surface area (Å²) in [4.78, 5) is 9.12. The largest absolute Gasteiger partial charge is 0.481 e. The number of likely N-dealkylation sites (N-methyl/N-ethyl adjacent to an activating group) is 1. The van der Waals surface area contributed by atoms with Gasteiger partial charge in [-0.2, -0.15) is 0 Å². The van der Waals surface area contributed by atoms with Crippen LogP contribution in [0.4, 0.5) is 0 Å². The maximum Gasteiger partial charge on any atom is 0.212 e. The molecule has 1 fully saturated rings. The van der Waals surface area contributed by atoms with Crippen LogP contribution >= 0.6 is 0 Å². The van der Waals surface area contributed by atoms with Crippen molar-refractivity contribution < 1.29 is 4.74 Å². The maximum atomic E-state index is 5.99. The van der Waals surface area contributed by atoms with Crippen LogP contribution in [0.1, 0.15) is 18.5 Å². The number of pyridine rings is 1. The van der Waals surface area contributed by atoms with Crippen molar-refractivity contribution in [3.8, 4) is 5.88 Å². The van der Waals surface area contributed by atoms with Crippen LogP contribution in [0.15, 0.2) is 18.3 Å². The van der Waals surface area contributed by atoms with Crippen molar-refractivity contribution >= 4 is 0 Å². The Morgan fingerprint density at radius 3 is 2.79 bits per heavy atom. The Hall–Kier alpha value is -1.17. The number of ether oxygens (including phenoxy) is 1. The summed E-state index contributed by atoms with van der Waals surface area (Å²) in [5.74, 6) is 0.644. The zero-order valence-corrected chi connectivity index (χ0v) is 12.0. The lowest BCUT2D eigenvalue weighted by atomic mass is 10.0. The molecule has 0 saturated carbocycles. The molecular weight excluding hydrogens is 240 g/mol. The molecular formula is C14H24N4O. The fourth-order valence-corrected chi connectivity index (χ4v) is 2.79. The van der Waals surface area contributed by atoms with E-state index in [-0.39, 0.29) is 6.04 Å². The summed E-state index contributed by atoms with van der Waals surface area (Å²) in [6.45, 7) is 6.09. The van der Waals surface area contributed by atoms with Crippen LogP contribution in [-0.4, -0.2) is 61.2 Å². The highest BCUT2D eigenvalue weighted by molar-refractivity contribution is 5.21. The molecule has 1 aliphatic rings. The molecule has 0 spiro atoms. The lowest BCUT2D eigenvalue weighted by Crippen LogP contribution is -2.52. The minimum atomic E-state index is 0.238. The Labute approximate surface area is 115 Å². The minimum Gasteiger partial charge on any atom is -0.481 e. The molecule has 19 heavy (non-hydrogen) atoms. The Morgan fingerprint density at radius 2 is 2.26 bits per heavy atom. The van der Waals surface area contributed by atoms with Gasteiger partial charge in [0.15, 0.2) is 0 Å². The molecule has 2 unspecified atom stereocenters. The van der Waals surface area contributed by atoms with Gasteiger partial charge in [-0.25, -0.2) is 4.98 Å². The first kappa shape index (κ1) is 14.2. The zero-order chi connectivity index (χ0) is 13.8. The molecule has 0 aliphatic carbocycles. The molecule has 5 nitrogen and oxygen atoms in total. The van der Waals surface area contributed by atoms with Crippen LogP contribution in [0.3, 0.4) is 0 Å². The van der Waals surface area contributed by atoms with Crippen LogP contribution in [0.25, 0.3) is 0 Å². The Morgan fingerprint density at radius 1 is 1.47 bits per heavy atom. The molecule has 2 heterocycles. The molecule has 1 aromatic rings. The molecule has 2 N–H and O–H groups in total. The molecule has 1 saturated heterocycles. The van der Waals surface area contributed by atoms with E-state index in [2.05, 4.69) is 34.8 Å². The number of rotatable bonds is 4. The van der Waals surface area contributed by atoms with Gasteiger partial charge in [-0.3, -0.25) is 4.90 Å². The third kappa shape index (κ3) is 3.23. The number of nitrogens with zero attached hydrogens (tertiary/aromatic N) is 3. The van der Waals surface area contributed by atoms with Gasteiger partial charge < -0.3 is 15.4 Å². The third-order valence-corrected chi connectivity index (χ3v) is 3.86. The summed E-state index contributed by atoms with van der Waals surface area (Å²) in [7, 11) is 3.80. The van der Waals surface area contributed by atoms with Crippen molar-refractivity contribution in [1.29, 1.82) is 0 Å². The SMILES string of the molecule is COc1ccc(C(CN)N2CCN(C)CC2C)cn1. The monoisotopic (exact) mass is 264 g/mol. The normalized spacial score (nSPS) is 23.3. The van der Waals surface area contributed by atoms with Crippen molar-refractivity contribution in [1.82, 2.24) is 14.8 Å². The molecule has 0 aromatic carbocycles. The average Bonchev–Trinajstić information content (AvgIpc) is 2.42. The fourth-order valence-electron chi connectivity index (χ4n) is 2.79. The maximum absolute atomic E-state index is 5.99. The zero-order valence-electron chi connectivity index (χ0n) is 12.0. The highest BCUT2D eigenvalue weighted by Gasteiger charge is 2.28. The predicted octanol–water partition coefficient (Wildman–Crippen LogP) is 0.726. The van der Waals surface area contributed by atoms with Gasteiger partial charge in [-0.15, -0.1) is 0 Å². The van der Waals surface area contributed by atoms with E-state index < -0.39 is 0 Å². The second-order valence-electron chi connectivity index (χ2n) is 5.23. The Balaban J connectivity index is 2.14. The molecule has 0 radical (unpaired) electrons. The summed E-state index contributed by atoms with van der Waals surface area (Å²) in [5.41, 5.74) is 7.16. The number of aromatic nitrogens is 1. The van der Waals surface area contributed by atoms with Gasteiger partial charge in [0.05, 0.1) is 7.11 Å². The van der Waals surface area contributed by atoms with Crippen molar-refractivity contribution in [2.75, 3.05) is 40.3 Å². The van der Waals surface area contributed by atoms with E-state index in [1.54, 1.807) is 7.11 Å². The van der Waals surface area contributed by atoms with Gasteiger partial charge in [-0.05, 0) is 19.5 Å². The van der Waals surface area contributed by atoms with E-state index in [0.29, 0.717) is 18.5 Å². The molecule has 1 aromatic heterocycles. The standard InChI is InChI=1S/C14H24N4O/c1-11-10-17(2)6-7-18(11)13(8-15)12-4-5-14(19-3)16-9-12/h4-5,9,11,13H,6-8,10,15H2,1-3H3. The van der Waals surface area contributed by atoms with Gasteiger partial charge in [0.25, 0.3) is 0 Å². The first-order chi connectivity index (χ1) is 9.15. The van der Waals surface area contributed by atoms with Gasteiger partial charge in [0.1, 0.15) is 0 Å². The minimum absolute atomic E-state index is 0.238. The second-order valence-corrected chi connectivity index (χ2v) is 5.23. The van der Waals surface area contributed by atoms with E-state index >= 15 is 0 Å². The quantitative estimate of drug-likeness (QED) is 0.868. The fraction of sp³-hybridized carbons (Fsp3) is 0.643. The number of methoxy groups -OCH3 is 1. The van der Waals surface area contributed by atoms with Gasteiger partial charge in [0.2, 0.25) is 5.88 Å². The highest BCUT2D eigenvalue weighted by atomic mass is 16.5. The van der Waals surface area contributed by atoms with Crippen LogP contribution < -0.4 is 10.5 Å².